The third kappa shape index (κ3) is 10.3. The fourth-order valence-corrected chi connectivity index (χ4v) is 3.47. The maximum absolute atomic E-state index is 5.45. The molecule has 1 unspecified atom stereocenters. The van der Waals surface area contributed by atoms with Gasteiger partial charge in [0.1, 0.15) is 0 Å². The monoisotopic (exact) mass is 297 g/mol. The predicted molar refractivity (Wildman–Crippen MR) is 92.9 cm³/mol. The highest BCUT2D eigenvalue weighted by atomic mass is 16.5. The van der Waals surface area contributed by atoms with E-state index in [1.54, 1.807) is 0 Å². The normalized spacial score (nSPS) is 18.0. The van der Waals surface area contributed by atoms with Gasteiger partial charge in [-0.15, -0.1) is 0 Å². The Hall–Kier alpha value is -0.0800. The topological polar surface area (TPSA) is 21.3 Å². The lowest BCUT2D eigenvalue weighted by molar-refractivity contribution is 0.0604. The molecule has 1 aliphatic heterocycles. The van der Waals surface area contributed by atoms with Crippen molar-refractivity contribution in [1.29, 1.82) is 0 Å². The molecule has 2 heteroatoms. The van der Waals surface area contributed by atoms with Gasteiger partial charge in [-0.3, -0.25) is 0 Å². The summed E-state index contributed by atoms with van der Waals surface area (Å²) in [4.78, 5) is 0. The van der Waals surface area contributed by atoms with E-state index >= 15 is 0 Å². The summed E-state index contributed by atoms with van der Waals surface area (Å²) in [5.74, 6) is 0.898. The van der Waals surface area contributed by atoms with Gasteiger partial charge in [0.15, 0.2) is 0 Å². The van der Waals surface area contributed by atoms with Crippen molar-refractivity contribution in [2.24, 2.45) is 5.92 Å². The first kappa shape index (κ1) is 19.0. The van der Waals surface area contributed by atoms with Gasteiger partial charge in [0.05, 0.1) is 0 Å². The third-order valence-corrected chi connectivity index (χ3v) is 5.02. The summed E-state index contributed by atoms with van der Waals surface area (Å²) in [7, 11) is 2.14. The quantitative estimate of drug-likeness (QED) is 0.465. The lowest BCUT2D eigenvalue weighted by Crippen LogP contribution is -2.30. The molecule has 1 aliphatic rings. The van der Waals surface area contributed by atoms with Crippen LogP contribution in [-0.2, 0) is 4.74 Å². The maximum atomic E-state index is 5.45. The number of ether oxygens (including phenoxy) is 1. The molecule has 0 aromatic heterocycles. The smallest absolute Gasteiger partial charge is 0.0468 e. The number of hydrogen-bond acceptors (Lipinski definition) is 2. The molecule has 0 spiro atoms. The SMILES string of the molecule is CCCCCCCCCCCC(CC1CCOCC1)NC. The lowest BCUT2D eigenvalue weighted by atomic mass is 9.90. The Balaban J connectivity index is 1.91. The van der Waals surface area contributed by atoms with Crippen molar-refractivity contribution >= 4 is 0 Å². The second-order valence-electron chi connectivity index (χ2n) is 6.89. The highest BCUT2D eigenvalue weighted by Crippen LogP contribution is 2.22. The molecule has 0 aliphatic carbocycles. The molecular formula is C19H39NO. The van der Waals surface area contributed by atoms with Gasteiger partial charge in [-0.25, -0.2) is 0 Å². The summed E-state index contributed by atoms with van der Waals surface area (Å²) in [5, 5.41) is 3.53. The molecule has 126 valence electrons. The van der Waals surface area contributed by atoms with E-state index in [1.165, 1.54) is 83.5 Å². The summed E-state index contributed by atoms with van der Waals surface area (Å²) >= 11 is 0. The first-order valence-corrected chi connectivity index (χ1v) is 9.61. The van der Waals surface area contributed by atoms with E-state index < -0.39 is 0 Å². The van der Waals surface area contributed by atoms with Gasteiger partial charge in [-0.2, -0.15) is 0 Å². The summed E-state index contributed by atoms with van der Waals surface area (Å²) in [6, 6.07) is 0.734. The minimum absolute atomic E-state index is 0.734. The molecule has 0 aromatic rings. The van der Waals surface area contributed by atoms with Crippen molar-refractivity contribution in [2.75, 3.05) is 20.3 Å². The highest BCUT2D eigenvalue weighted by molar-refractivity contribution is 4.72. The Morgan fingerprint density at radius 2 is 1.48 bits per heavy atom. The first-order chi connectivity index (χ1) is 10.4. The Kier molecular flexibility index (Phi) is 12.3. The molecule has 0 saturated carbocycles. The third-order valence-electron chi connectivity index (χ3n) is 5.02. The van der Waals surface area contributed by atoms with Crippen LogP contribution in [0.25, 0.3) is 0 Å². The van der Waals surface area contributed by atoms with Crippen LogP contribution in [0.15, 0.2) is 0 Å². The average molecular weight is 298 g/mol. The van der Waals surface area contributed by atoms with Gasteiger partial charge in [-0.1, -0.05) is 64.7 Å². The van der Waals surface area contributed by atoms with Gasteiger partial charge in [0.25, 0.3) is 0 Å². The lowest BCUT2D eigenvalue weighted by Gasteiger charge is -2.26. The number of nitrogens with one attached hydrogen (secondary N) is 1. The minimum Gasteiger partial charge on any atom is -0.381 e. The second-order valence-corrected chi connectivity index (χ2v) is 6.89. The molecule has 1 saturated heterocycles. The molecule has 0 bridgehead atoms. The van der Waals surface area contributed by atoms with Gasteiger partial charge >= 0.3 is 0 Å². The molecule has 0 amide bonds. The highest BCUT2D eigenvalue weighted by Gasteiger charge is 2.17. The van der Waals surface area contributed by atoms with Crippen LogP contribution in [0.1, 0.15) is 90.4 Å². The zero-order valence-electron chi connectivity index (χ0n) is 14.7. The van der Waals surface area contributed by atoms with Crippen molar-refractivity contribution in [3.63, 3.8) is 0 Å². The Morgan fingerprint density at radius 3 is 2.05 bits per heavy atom. The van der Waals surface area contributed by atoms with E-state index in [4.69, 9.17) is 4.74 Å². The Morgan fingerprint density at radius 1 is 0.905 bits per heavy atom. The van der Waals surface area contributed by atoms with Gasteiger partial charge in [0.2, 0.25) is 0 Å². The molecule has 21 heavy (non-hydrogen) atoms. The molecular weight excluding hydrogens is 258 g/mol. The number of unbranched alkanes of at least 4 members (excludes halogenated alkanes) is 8. The van der Waals surface area contributed by atoms with Crippen molar-refractivity contribution in [3.05, 3.63) is 0 Å². The van der Waals surface area contributed by atoms with E-state index in [-0.39, 0.29) is 0 Å². The molecule has 0 aromatic carbocycles. The predicted octanol–water partition coefficient (Wildman–Crippen LogP) is 5.31. The molecule has 1 atom stereocenters. The summed E-state index contributed by atoms with van der Waals surface area (Å²) < 4.78 is 5.45. The number of hydrogen-bond donors (Lipinski definition) is 1. The molecule has 1 fully saturated rings. The first-order valence-electron chi connectivity index (χ1n) is 9.61. The summed E-state index contributed by atoms with van der Waals surface area (Å²) in [5.41, 5.74) is 0. The second kappa shape index (κ2) is 13.6. The Labute approximate surface area is 133 Å². The van der Waals surface area contributed by atoms with Crippen LogP contribution in [0.5, 0.6) is 0 Å². The van der Waals surface area contributed by atoms with Crippen molar-refractivity contribution in [2.45, 2.75) is 96.4 Å². The Bertz CT molecular complexity index is 214. The fourth-order valence-electron chi connectivity index (χ4n) is 3.47. The number of rotatable bonds is 13. The van der Waals surface area contributed by atoms with Crippen molar-refractivity contribution in [1.82, 2.24) is 5.32 Å². The molecule has 1 N–H and O–H groups in total. The van der Waals surface area contributed by atoms with Crippen LogP contribution in [-0.4, -0.2) is 26.3 Å². The molecule has 1 heterocycles. The van der Waals surface area contributed by atoms with Crippen molar-refractivity contribution < 1.29 is 4.74 Å². The fraction of sp³-hybridized carbons (Fsp3) is 1.00. The maximum Gasteiger partial charge on any atom is 0.0468 e. The van der Waals surface area contributed by atoms with E-state index in [0.29, 0.717) is 0 Å². The van der Waals surface area contributed by atoms with E-state index in [9.17, 15) is 0 Å². The summed E-state index contributed by atoms with van der Waals surface area (Å²) in [6.07, 6.45) is 18.1. The van der Waals surface area contributed by atoms with Gasteiger partial charge < -0.3 is 10.1 Å². The van der Waals surface area contributed by atoms with E-state index in [1.807, 2.05) is 0 Å². The summed E-state index contributed by atoms with van der Waals surface area (Å²) in [6.45, 7) is 4.26. The van der Waals surface area contributed by atoms with Crippen molar-refractivity contribution in [3.8, 4) is 0 Å². The zero-order valence-corrected chi connectivity index (χ0v) is 14.7. The van der Waals surface area contributed by atoms with E-state index in [0.717, 1.165) is 25.2 Å². The van der Waals surface area contributed by atoms with Crippen LogP contribution in [0.2, 0.25) is 0 Å². The molecule has 1 rings (SSSR count). The largest absolute Gasteiger partial charge is 0.381 e. The van der Waals surface area contributed by atoms with Crippen LogP contribution in [0.3, 0.4) is 0 Å². The van der Waals surface area contributed by atoms with E-state index in [2.05, 4.69) is 19.3 Å². The minimum atomic E-state index is 0.734. The average Bonchev–Trinajstić information content (AvgIpc) is 2.53. The molecule has 2 nitrogen and oxygen atoms in total. The van der Waals surface area contributed by atoms with Crippen LogP contribution >= 0.6 is 0 Å². The zero-order chi connectivity index (χ0) is 15.2. The van der Waals surface area contributed by atoms with Crippen LogP contribution in [0, 0.1) is 5.92 Å². The van der Waals surface area contributed by atoms with Gasteiger partial charge in [-0.05, 0) is 38.6 Å². The van der Waals surface area contributed by atoms with Gasteiger partial charge in [0, 0.05) is 19.3 Å². The standard InChI is InChI=1S/C19H39NO/c1-3-4-5-6-7-8-9-10-11-12-19(20-2)17-18-13-15-21-16-14-18/h18-20H,3-17H2,1-2H3. The van der Waals surface area contributed by atoms with Crippen LogP contribution in [0.4, 0.5) is 0 Å². The molecule has 0 radical (unpaired) electrons. The van der Waals surface area contributed by atoms with Crippen LogP contribution < -0.4 is 5.32 Å².